The molecular weight excluding hydrogens is 399 g/mol. The predicted octanol–water partition coefficient (Wildman–Crippen LogP) is -4.21. The third-order valence-electron chi connectivity index (χ3n) is 4.41. The maximum atomic E-state index is 3.55. The van der Waals surface area contributed by atoms with Crippen LogP contribution in [0.4, 0.5) is 0 Å². The van der Waals surface area contributed by atoms with Gasteiger partial charge in [-0.25, -0.2) is 5.57 Å². The molecule has 1 aliphatic rings. The van der Waals surface area contributed by atoms with Crippen LogP contribution in [0.25, 0.3) is 0 Å². The minimum atomic E-state index is -1.56. The van der Waals surface area contributed by atoms with Gasteiger partial charge in [0.2, 0.25) is 0 Å². The Morgan fingerprint density at radius 1 is 1.04 bits per heavy atom. The van der Waals surface area contributed by atoms with E-state index >= 15 is 0 Å². The first-order chi connectivity index (χ1) is 9.09. The van der Waals surface area contributed by atoms with Crippen molar-refractivity contribution in [2.75, 3.05) is 0 Å². The number of unbranched alkanes of at least 4 members (excludes halogenated alkanes) is 1. The summed E-state index contributed by atoms with van der Waals surface area (Å²) in [4.78, 5) is 0. The van der Waals surface area contributed by atoms with E-state index in [1.807, 2.05) is 0 Å². The average Bonchev–Trinajstić information content (AvgIpc) is 2.77. The fraction of sp³-hybridized carbons (Fsp3) is 0.444. The maximum absolute atomic E-state index is 3.55. The van der Waals surface area contributed by atoms with Crippen LogP contribution in [0.1, 0.15) is 40.0 Å². The number of hydrogen-bond donors (Lipinski definition) is 0. The number of benzene rings is 1. The molecule has 1 aromatic rings. The van der Waals surface area contributed by atoms with Gasteiger partial charge in [-0.15, -0.1) is 6.42 Å². The summed E-state index contributed by atoms with van der Waals surface area (Å²) in [5.41, 5.74) is 2.98. The summed E-state index contributed by atoms with van der Waals surface area (Å²) in [7, 11) is -1.56. The number of allylic oxidation sites excluding steroid dienone is 4. The Morgan fingerprint density at radius 3 is 2.04 bits per heavy atom. The van der Waals surface area contributed by atoms with Crippen LogP contribution in [0.2, 0.25) is 12.6 Å². The molecule has 0 radical (unpaired) electrons. The zero-order chi connectivity index (χ0) is 13.9. The molecule has 2 rings (SSSR count). The van der Waals surface area contributed by atoms with Crippen LogP contribution in [-0.2, 0) is 21.7 Å². The fourth-order valence-corrected chi connectivity index (χ4v) is 8.16. The van der Waals surface area contributed by atoms with Gasteiger partial charge < -0.3 is 37.2 Å². The van der Waals surface area contributed by atoms with E-state index in [4.69, 9.17) is 0 Å². The molecular formula is C18H25Cl3SiTi. The third-order valence-corrected chi connectivity index (χ3v) is 9.28. The topological polar surface area (TPSA) is 0 Å². The van der Waals surface area contributed by atoms with E-state index in [1.54, 1.807) is 16.0 Å². The third kappa shape index (κ3) is 6.38. The Hall–Kier alpha value is 0.501. The summed E-state index contributed by atoms with van der Waals surface area (Å²) in [6, 6.07) is 12.6. The second kappa shape index (κ2) is 12.8. The predicted molar refractivity (Wildman–Crippen MR) is 87.2 cm³/mol. The molecule has 0 fully saturated rings. The van der Waals surface area contributed by atoms with E-state index in [0.29, 0.717) is 0 Å². The average molecular weight is 424 g/mol. The first-order valence-electron chi connectivity index (χ1n) is 7.43. The zero-order valence-electron chi connectivity index (χ0n) is 14.3. The Labute approximate surface area is 176 Å². The summed E-state index contributed by atoms with van der Waals surface area (Å²) in [5.74, 6) is 0. The van der Waals surface area contributed by atoms with Gasteiger partial charge in [0.25, 0.3) is 0 Å². The summed E-state index contributed by atoms with van der Waals surface area (Å²) in [5, 5.41) is 3.26. The Morgan fingerprint density at radius 2 is 1.61 bits per heavy atom. The smallest absolute Gasteiger partial charge is 1.00 e. The minimum Gasteiger partial charge on any atom is -1.00 e. The second-order valence-electron chi connectivity index (χ2n) is 5.94. The van der Waals surface area contributed by atoms with Crippen LogP contribution >= 0.6 is 0 Å². The minimum absolute atomic E-state index is 0. The summed E-state index contributed by atoms with van der Waals surface area (Å²) < 4.78 is 0. The van der Waals surface area contributed by atoms with Crippen molar-refractivity contribution < 1.29 is 58.9 Å². The SMILES string of the molecule is CCCC[Si](C)(C1=C(C)C[C-]=C1C)c1ccccc1.[Cl-].[Cl-].[Cl-].[Ti+4]. The normalized spacial score (nSPS) is 15.2. The van der Waals surface area contributed by atoms with Crippen molar-refractivity contribution in [3.63, 3.8) is 0 Å². The van der Waals surface area contributed by atoms with Crippen LogP contribution in [0.3, 0.4) is 0 Å². The van der Waals surface area contributed by atoms with E-state index < -0.39 is 8.07 Å². The Bertz CT molecular complexity index is 514. The van der Waals surface area contributed by atoms with Crippen molar-refractivity contribution in [1.82, 2.24) is 0 Å². The molecule has 0 saturated heterocycles. The van der Waals surface area contributed by atoms with Gasteiger partial charge in [-0.1, -0.05) is 81.7 Å². The van der Waals surface area contributed by atoms with Crippen molar-refractivity contribution >= 4 is 13.3 Å². The standard InChI is InChI=1S/C18H25Si.3ClH.Ti/c1-5-6-14-19(4,17-10-8-7-9-11-17)18-15(2)12-13-16(18)3;;;;/h7-11H,5-6,12,14H2,1-4H3;3*1H;/q-1;;;;+4/p-3. The van der Waals surface area contributed by atoms with Gasteiger partial charge in [0.1, 0.15) is 0 Å². The summed E-state index contributed by atoms with van der Waals surface area (Å²) >= 11 is 0. The molecule has 0 aromatic heterocycles. The van der Waals surface area contributed by atoms with Crippen LogP contribution in [0, 0.1) is 6.08 Å². The Kier molecular flexibility index (Phi) is 15.8. The van der Waals surface area contributed by atoms with E-state index in [0.717, 1.165) is 6.42 Å². The molecule has 0 bridgehead atoms. The van der Waals surface area contributed by atoms with Gasteiger partial charge >= 0.3 is 21.7 Å². The van der Waals surface area contributed by atoms with Gasteiger partial charge in [-0.2, -0.15) is 10.8 Å². The number of hydrogen-bond acceptors (Lipinski definition) is 0. The van der Waals surface area contributed by atoms with Crippen molar-refractivity contribution in [3.8, 4) is 0 Å². The monoisotopic (exact) mass is 422 g/mol. The molecule has 1 unspecified atom stereocenters. The summed E-state index contributed by atoms with van der Waals surface area (Å²) in [6.07, 6.45) is 7.21. The molecule has 0 aliphatic heterocycles. The molecule has 23 heavy (non-hydrogen) atoms. The quantitative estimate of drug-likeness (QED) is 0.333. The van der Waals surface area contributed by atoms with E-state index in [9.17, 15) is 0 Å². The molecule has 1 aromatic carbocycles. The summed E-state index contributed by atoms with van der Waals surface area (Å²) in [6.45, 7) is 9.41. The molecule has 0 saturated carbocycles. The molecule has 1 aliphatic carbocycles. The van der Waals surface area contributed by atoms with Gasteiger partial charge in [0.05, 0.1) is 0 Å². The van der Waals surface area contributed by atoms with Crippen LogP contribution in [-0.4, -0.2) is 8.07 Å². The van der Waals surface area contributed by atoms with Gasteiger partial charge in [-0.3, -0.25) is 6.08 Å². The molecule has 5 heteroatoms. The van der Waals surface area contributed by atoms with Crippen LogP contribution in [0.15, 0.2) is 46.7 Å². The number of rotatable bonds is 5. The zero-order valence-corrected chi connectivity index (χ0v) is 19.2. The van der Waals surface area contributed by atoms with E-state index in [2.05, 4.69) is 63.7 Å². The van der Waals surface area contributed by atoms with Crippen molar-refractivity contribution in [2.45, 2.75) is 52.6 Å². The Balaban J connectivity index is -0.000001000. The molecule has 126 valence electrons. The van der Waals surface area contributed by atoms with E-state index in [1.165, 1.54) is 24.5 Å². The molecule has 0 heterocycles. The molecule has 0 spiro atoms. The fourth-order valence-electron chi connectivity index (χ4n) is 3.40. The molecule has 0 amide bonds. The van der Waals surface area contributed by atoms with Gasteiger partial charge in [-0.05, 0) is 0 Å². The van der Waals surface area contributed by atoms with Crippen LogP contribution in [0.5, 0.6) is 0 Å². The number of halogens is 3. The van der Waals surface area contributed by atoms with Crippen molar-refractivity contribution in [3.05, 3.63) is 52.8 Å². The molecule has 0 nitrogen and oxygen atoms in total. The largest absolute Gasteiger partial charge is 4.00 e. The van der Waals surface area contributed by atoms with Crippen molar-refractivity contribution in [1.29, 1.82) is 0 Å². The maximum Gasteiger partial charge on any atom is 4.00 e. The first-order valence-corrected chi connectivity index (χ1v) is 10.1. The van der Waals surface area contributed by atoms with Crippen molar-refractivity contribution in [2.24, 2.45) is 0 Å². The molecule has 0 N–H and O–H groups in total. The van der Waals surface area contributed by atoms with E-state index in [-0.39, 0.29) is 58.9 Å². The van der Waals surface area contributed by atoms with Gasteiger partial charge in [0, 0.05) is 8.07 Å². The second-order valence-corrected chi connectivity index (χ2v) is 10.2. The van der Waals surface area contributed by atoms with Gasteiger partial charge in [0.15, 0.2) is 0 Å². The van der Waals surface area contributed by atoms with Crippen LogP contribution < -0.4 is 42.4 Å². The molecule has 1 atom stereocenters. The first kappa shape index (κ1) is 28.3.